The van der Waals surface area contributed by atoms with Gasteiger partial charge in [-0.15, -0.1) is 24.0 Å². The summed E-state index contributed by atoms with van der Waals surface area (Å²) in [6.45, 7) is 13.5. The summed E-state index contributed by atoms with van der Waals surface area (Å²) in [6.07, 6.45) is 3.46. The van der Waals surface area contributed by atoms with Gasteiger partial charge in [0.15, 0.2) is 5.96 Å². The van der Waals surface area contributed by atoms with E-state index in [-0.39, 0.29) is 29.4 Å². The topological polar surface area (TPSA) is 63.5 Å². The van der Waals surface area contributed by atoms with Gasteiger partial charge in [-0.3, -0.25) is 4.68 Å². The Morgan fingerprint density at radius 3 is 2.67 bits per heavy atom. The molecule has 1 aromatic rings. The second-order valence-electron chi connectivity index (χ2n) is 8.09. The zero-order valence-corrected chi connectivity index (χ0v) is 20.0. The number of ether oxygens (including phenoxy) is 1. The fraction of sp³-hybridized carbons (Fsp3) is 0.800. The van der Waals surface area contributed by atoms with Crippen molar-refractivity contribution >= 4 is 29.9 Å². The van der Waals surface area contributed by atoms with E-state index in [0.717, 1.165) is 44.1 Å². The second-order valence-corrected chi connectivity index (χ2v) is 8.09. The highest BCUT2D eigenvalue weighted by Gasteiger charge is 2.59. The van der Waals surface area contributed by atoms with Gasteiger partial charge in [0.05, 0.1) is 18.3 Å². The average molecular weight is 489 g/mol. The van der Waals surface area contributed by atoms with Gasteiger partial charge in [0.25, 0.3) is 0 Å². The van der Waals surface area contributed by atoms with Gasteiger partial charge in [0.2, 0.25) is 0 Å². The molecule has 6 nitrogen and oxygen atoms in total. The maximum Gasteiger partial charge on any atom is 0.191 e. The van der Waals surface area contributed by atoms with E-state index in [4.69, 9.17) is 9.73 Å². The van der Waals surface area contributed by atoms with E-state index in [0.29, 0.717) is 24.6 Å². The summed E-state index contributed by atoms with van der Waals surface area (Å²) >= 11 is 0. The molecule has 2 fully saturated rings. The standard InChI is InChI=1S/C20H35N5O.HI/c1-7-15-14(16(8-2)25(6)24-15)12-22-19(21-9-3)23-17-13-10-11-26-18(13)20(17,4)5;/h13,17-18H,7-12H2,1-6H3,(H2,21,22,23);1H. The van der Waals surface area contributed by atoms with Crippen LogP contribution in [0.5, 0.6) is 0 Å². The summed E-state index contributed by atoms with van der Waals surface area (Å²) in [5.41, 5.74) is 3.88. The smallest absolute Gasteiger partial charge is 0.191 e. The molecule has 0 radical (unpaired) electrons. The normalized spacial score (nSPS) is 26.1. The molecule has 3 atom stereocenters. The van der Waals surface area contributed by atoms with Crippen molar-refractivity contribution in [1.82, 2.24) is 20.4 Å². The molecule has 1 aliphatic heterocycles. The quantitative estimate of drug-likeness (QED) is 0.367. The predicted octanol–water partition coefficient (Wildman–Crippen LogP) is 3.03. The van der Waals surface area contributed by atoms with Crippen molar-refractivity contribution in [2.45, 2.75) is 72.6 Å². The SMILES string of the molecule is CCNC(=NCc1c(CC)nn(C)c1CC)NC1C2CCOC2C1(C)C.I. The number of nitrogens with zero attached hydrogens (tertiary/aromatic N) is 3. The Hall–Kier alpha value is -0.830. The molecule has 2 heterocycles. The largest absolute Gasteiger partial charge is 0.377 e. The van der Waals surface area contributed by atoms with Gasteiger partial charge in [-0.2, -0.15) is 5.10 Å². The van der Waals surface area contributed by atoms with Crippen molar-refractivity contribution in [1.29, 1.82) is 0 Å². The van der Waals surface area contributed by atoms with Crippen LogP contribution in [-0.2, 0) is 31.2 Å². The minimum absolute atomic E-state index is 0. The van der Waals surface area contributed by atoms with Crippen LogP contribution in [0.25, 0.3) is 0 Å². The molecule has 1 saturated carbocycles. The van der Waals surface area contributed by atoms with Crippen molar-refractivity contribution in [3.63, 3.8) is 0 Å². The maximum absolute atomic E-state index is 5.92. The molecule has 0 amide bonds. The van der Waals surface area contributed by atoms with E-state index >= 15 is 0 Å². The summed E-state index contributed by atoms with van der Waals surface area (Å²) in [4.78, 5) is 4.92. The predicted molar refractivity (Wildman–Crippen MR) is 121 cm³/mol. The molecule has 1 aliphatic carbocycles. The van der Waals surface area contributed by atoms with Crippen LogP contribution in [0.3, 0.4) is 0 Å². The molecular weight excluding hydrogens is 453 g/mol. The molecule has 1 aromatic heterocycles. The lowest BCUT2D eigenvalue weighted by Gasteiger charge is -2.54. The number of hydrogen-bond donors (Lipinski definition) is 2. The van der Waals surface area contributed by atoms with E-state index < -0.39 is 0 Å². The van der Waals surface area contributed by atoms with Gasteiger partial charge in [-0.1, -0.05) is 27.7 Å². The molecule has 3 unspecified atom stereocenters. The third-order valence-corrected chi connectivity index (χ3v) is 6.16. The van der Waals surface area contributed by atoms with Crippen LogP contribution in [-0.4, -0.2) is 41.0 Å². The lowest BCUT2D eigenvalue weighted by Crippen LogP contribution is -2.67. The molecule has 3 rings (SSSR count). The number of aryl methyl sites for hydroxylation is 2. The Morgan fingerprint density at radius 2 is 2.04 bits per heavy atom. The van der Waals surface area contributed by atoms with Crippen LogP contribution < -0.4 is 10.6 Å². The first kappa shape index (κ1) is 22.5. The summed E-state index contributed by atoms with van der Waals surface area (Å²) in [7, 11) is 2.03. The minimum Gasteiger partial charge on any atom is -0.377 e. The lowest BCUT2D eigenvalue weighted by molar-refractivity contribution is -0.106. The van der Waals surface area contributed by atoms with Crippen molar-refractivity contribution in [2.75, 3.05) is 13.2 Å². The number of halogens is 1. The van der Waals surface area contributed by atoms with Gasteiger partial charge < -0.3 is 15.4 Å². The monoisotopic (exact) mass is 489 g/mol. The highest BCUT2D eigenvalue weighted by atomic mass is 127. The summed E-state index contributed by atoms with van der Waals surface area (Å²) in [5, 5.41) is 11.8. The maximum atomic E-state index is 5.92. The third-order valence-electron chi connectivity index (χ3n) is 6.16. The van der Waals surface area contributed by atoms with Gasteiger partial charge in [0.1, 0.15) is 0 Å². The zero-order chi connectivity index (χ0) is 18.9. The van der Waals surface area contributed by atoms with Crippen molar-refractivity contribution < 1.29 is 4.74 Å². The molecule has 7 heteroatoms. The zero-order valence-electron chi connectivity index (χ0n) is 17.6. The summed E-state index contributed by atoms with van der Waals surface area (Å²) in [5.74, 6) is 1.51. The van der Waals surface area contributed by atoms with E-state index in [1.807, 2.05) is 11.7 Å². The van der Waals surface area contributed by atoms with Gasteiger partial charge in [0, 0.05) is 48.8 Å². The van der Waals surface area contributed by atoms with Crippen LogP contribution in [0.15, 0.2) is 4.99 Å². The van der Waals surface area contributed by atoms with Crippen molar-refractivity contribution in [2.24, 2.45) is 23.4 Å². The fourth-order valence-electron chi connectivity index (χ4n) is 4.82. The van der Waals surface area contributed by atoms with E-state index in [9.17, 15) is 0 Å². The second kappa shape index (κ2) is 9.11. The number of nitrogens with one attached hydrogen (secondary N) is 2. The Balaban J connectivity index is 0.00000261. The van der Waals surface area contributed by atoms with Crippen molar-refractivity contribution in [3.8, 4) is 0 Å². The van der Waals surface area contributed by atoms with Gasteiger partial charge >= 0.3 is 0 Å². The van der Waals surface area contributed by atoms with E-state index in [2.05, 4.69) is 50.4 Å². The first-order chi connectivity index (χ1) is 12.4. The summed E-state index contributed by atoms with van der Waals surface area (Å²) in [6, 6.07) is 0.415. The van der Waals surface area contributed by atoms with Crippen LogP contribution >= 0.6 is 24.0 Å². The van der Waals surface area contributed by atoms with Crippen molar-refractivity contribution in [3.05, 3.63) is 17.0 Å². The molecule has 0 spiro atoms. The van der Waals surface area contributed by atoms with E-state index in [1.165, 1.54) is 11.3 Å². The Bertz CT molecular complexity index is 670. The fourth-order valence-corrected chi connectivity index (χ4v) is 4.82. The van der Waals surface area contributed by atoms with Gasteiger partial charge in [-0.05, 0) is 26.2 Å². The molecule has 27 heavy (non-hydrogen) atoms. The molecule has 2 aliphatic rings. The number of aliphatic imine (C=N–C) groups is 1. The van der Waals surface area contributed by atoms with Gasteiger partial charge in [-0.25, -0.2) is 4.99 Å². The van der Waals surface area contributed by atoms with Crippen LogP contribution in [0.2, 0.25) is 0 Å². The molecule has 2 N–H and O–H groups in total. The van der Waals surface area contributed by atoms with Crippen LogP contribution in [0.4, 0.5) is 0 Å². The minimum atomic E-state index is 0. The molecule has 0 bridgehead atoms. The molecule has 154 valence electrons. The van der Waals surface area contributed by atoms with E-state index in [1.54, 1.807) is 0 Å². The van der Waals surface area contributed by atoms with Crippen LogP contribution in [0.1, 0.15) is 58.0 Å². The first-order valence-corrected chi connectivity index (χ1v) is 10.1. The molecule has 0 aromatic carbocycles. The highest BCUT2D eigenvalue weighted by Crippen LogP contribution is 2.52. The third kappa shape index (κ3) is 4.13. The molecule has 1 saturated heterocycles. The number of fused-ring (bicyclic) bond motifs is 1. The first-order valence-electron chi connectivity index (χ1n) is 10.1. The Morgan fingerprint density at radius 1 is 1.30 bits per heavy atom. The number of aromatic nitrogens is 2. The number of rotatable bonds is 6. The number of hydrogen-bond acceptors (Lipinski definition) is 3. The molecular formula is C20H36IN5O. The number of guanidine groups is 1. The summed E-state index contributed by atoms with van der Waals surface area (Å²) < 4.78 is 7.93. The Labute approximate surface area is 180 Å². The Kier molecular flexibility index (Phi) is 7.58. The average Bonchev–Trinajstić information content (AvgIpc) is 3.19. The van der Waals surface area contributed by atoms with Crippen LogP contribution in [0, 0.1) is 11.3 Å². The highest BCUT2D eigenvalue weighted by molar-refractivity contribution is 14.0. The lowest BCUT2D eigenvalue weighted by atomic mass is 9.57.